The Morgan fingerprint density at radius 3 is 2.49 bits per heavy atom. The number of carbonyl (C=O) groups excluding carboxylic acids is 1. The molecule has 1 saturated heterocycles. The van der Waals surface area contributed by atoms with Crippen LogP contribution in [-0.2, 0) is 11.3 Å². The second-order valence-corrected chi connectivity index (χ2v) is 9.95. The Morgan fingerprint density at radius 2 is 1.68 bits per heavy atom. The Balaban J connectivity index is 1.36. The number of thioether (sulfide) groups is 1. The Hall–Kier alpha value is -4.16. The van der Waals surface area contributed by atoms with Gasteiger partial charge in [-0.2, -0.15) is 0 Å². The molecule has 0 aliphatic carbocycles. The van der Waals surface area contributed by atoms with Gasteiger partial charge in [0.15, 0.2) is 5.17 Å². The van der Waals surface area contributed by atoms with Gasteiger partial charge in [0.2, 0.25) is 0 Å². The molecule has 0 bridgehead atoms. The predicted molar refractivity (Wildman–Crippen MR) is 151 cm³/mol. The number of aliphatic imine (C=N–C) groups is 1. The van der Waals surface area contributed by atoms with E-state index in [1.807, 2.05) is 25.1 Å². The van der Waals surface area contributed by atoms with Crippen molar-refractivity contribution in [1.29, 1.82) is 0 Å². The topological polar surface area (TPSA) is 37.6 Å². The number of para-hydroxylation sites is 1. The number of aromatic nitrogens is 1. The fourth-order valence-corrected chi connectivity index (χ4v) is 5.75. The summed E-state index contributed by atoms with van der Waals surface area (Å²) in [6.07, 6.45) is 4.08. The molecule has 2 heterocycles. The summed E-state index contributed by atoms with van der Waals surface area (Å²) in [7, 11) is 0. The van der Waals surface area contributed by atoms with E-state index in [1.54, 1.807) is 17.0 Å². The van der Waals surface area contributed by atoms with Crippen LogP contribution in [0.25, 0.3) is 27.8 Å². The zero-order chi connectivity index (χ0) is 25.4. The summed E-state index contributed by atoms with van der Waals surface area (Å²) in [5, 5.41) is 4.14. The molecule has 4 aromatic carbocycles. The van der Waals surface area contributed by atoms with Crippen molar-refractivity contribution < 1.29 is 9.18 Å². The van der Waals surface area contributed by atoms with E-state index in [2.05, 4.69) is 70.4 Å². The molecule has 182 valence electrons. The Bertz CT molecular complexity index is 1700. The highest BCUT2D eigenvalue weighted by atomic mass is 32.2. The van der Waals surface area contributed by atoms with Gasteiger partial charge >= 0.3 is 0 Å². The first kappa shape index (κ1) is 23.3. The third-order valence-electron chi connectivity index (χ3n) is 6.53. The first-order chi connectivity index (χ1) is 18.1. The minimum absolute atomic E-state index is 0.0697. The van der Waals surface area contributed by atoms with Gasteiger partial charge in [-0.1, -0.05) is 54.6 Å². The highest BCUT2D eigenvalue weighted by Gasteiger charge is 2.32. The summed E-state index contributed by atoms with van der Waals surface area (Å²) < 4.78 is 15.6. The van der Waals surface area contributed by atoms with Crippen molar-refractivity contribution in [3.8, 4) is 0 Å². The Morgan fingerprint density at radius 1 is 0.919 bits per heavy atom. The summed E-state index contributed by atoms with van der Waals surface area (Å²) in [5.74, 6) is -0.383. The van der Waals surface area contributed by atoms with Crippen molar-refractivity contribution in [2.24, 2.45) is 4.99 Å². The molecule has 4 nitrogen and oxygen atoms in total. The molecule has 0 spiro atoms. The second-order valence-electron chi connectivity index (χ2n) is 8.94. The van der Waals surface area contributed by atoms with Crippen LogP contribution in [0, 0.1) is 5.82 Å². The molecular weight excluding hydrogens is 481 g/mol. The van der Waals surface area contributed by atoms with Gasteiger partial charge in [0.25, 0.3) is 5.91 Å². The molecule has 6 rings (SSSR count). The lowest BCUT2D eigenvalue weighted by molar-refractivity contribution is -0.122. The fraction of sp³-hybridized carbons (Fsp3) is 0.0968. The molecule has 0 radical (unpaired) electrons. The lowest BCUT2D eigenvalue weighted by Gasteiger charge is -2.11. The minimum atomic E-state index is -0.313. The summed E-state index contributed by atoms with van der Waals surface area (Å²) >= 11 is 1.35. The summed E-state index contributed by atoms with van der Waals surface area (Å²) in [5.41, 5.74) is 3.94. The standard InChI is InChI=1S/C31H24FN3OS/c1-2-35-30(36)29(37-31(35)33-26-15-13-25(32)14-16-26)18-24-20-34(28-10-6-5-9-27(24)28)19-21-11-12-22-7-3-4-8-23(22)17-21/h3-18,20H,2,19H2,1H3/b29-18+,33-31?. The predicted octanol–water partition coefficient (Wildman–Crippen LogP) is 7.61. The molecule has 1 fully saturated rings. The summed E-state index contributed by atoms with van der Waals surface area (Å²) in [4.78, 5) is 20.1. The van der Waals surface area contributed by atoms with Crippen LogP contribution in [0.5, 0.6) is 0 Å². The number of carbonyl (C=O) groups is 1. The number of halogens is 1. The lowest BCUT2D eigenvalue weighted by atomic mass is 10.1. The normalized spacial score (nSPS) is 16.1. The second kappa shape index (κ2) is 9.71. The van der Waals surface area contributed by atoms with E-state index in [4.69, 9.17) is 0 Å². The van der Waals surface area contributed by atoms with Crippen LogP contribution >= 0.6 is 11.8 Å². The fourth-order valence-electron chi connectivity index (χ4n) is 4.69. The molecule has 0 unspecified atom stereocenters. The molecule has 37 heavy (non-hydrogen) atoms. The number of amidine groups is 1. The van der Waals surface area contributed by atoms with Crippen LogP contribution in [0.2, 0.25) is 0 Å². The molecule has 0 N–H and O–H groups in total. The molecular formula is C31H24FN3OS. The third kappa shape index (κ3) is 4.56. The highest BCUT2D eigenvalue weighted by molar-refractivity contribution is 8.18. The van der Waals surface area contributed by atoms with Crippen LogP contribution in [0.4, 0.5) is 10.1 Å². The molecule has 1 aromatic heterocycles. The van der Waals surface area contributed by atoms with Gasteiger partial charge in [-0.3, -0.25) is 9.69 Å². The van der Waals surface area contributed by atoms with Gasteiger partial charge in [0, 0.05) is 35.8 Å². The van der Waals surface area contributed by atoms with Crippen LogP contribution in [0.1, 0.15) is 18.1 Å². The van der Waals surface area contributed by atoms with Crippen molar-refractivity contribution in [3.63, 3.8) is 0 Å². The van der Waals surface area contributed by atoms with E-state index >= 15 is 0 Å². The smallest absolute Gasteiger partial charge is 0.266 e. The van der Waals surface area contributed by atoms with E-state index in [0.29, 0.717) is 22.3 Å². The number of nitrogens with zero attached hydrogens (tertiary/aromatic N) is 3. The van der Waals surface area contributed by atoms with Crippen LogP contribution in [0.15, 0.2) is 107 Å². The van der Waals surface area contributed by atoms with E-state index in [1.165, 1.54) is 40.2 Å². The number of hydrogen-bond donors (Lipinski definition) is 0. The molecule has 0 atom stereocenters. The highest BCUT2D eigenvalue weighted by Crippen LogP contribution is 2.35. The van der Waals surface area contributed by atoms with Crippen molar-refractivity contribution in [3.05, 3.63) is 119 Å². The summed E-state index contributed by atoms with van der Waals surface area (Å²) in [6, 6.07) is 29.2. The van der Waals surface area contributed by atoms with E-state index in [0.717, 1.165) is 23.0 Å². The maximum atomic E-state index is 13.3. The zero-order valence-electron chi connectivity index (χ0n) is 20.3. The first-order valence-corrected chi connectivity index (χ1v) is 13.0. The van der Waals surface area contributed by atoms with Gasteiger partial charge in [-0.05, 0) is 77.5 Å². The average Bonchev–Trinajstić information content (AvgIpc) is 3.41. The number of likely N-dealkylation sites (N-methyl/N-ethyl adjacent to an activating group) is 1. The minimum Gasteiger partial charge on any atom is -0.342 e. The van der Waals surface area contributed by atoms with Crippen molar-refractivity contribution in [2.45, 2.75) is 13.5 Å². The lowest BCUT2D eigenvalue weighted by Crippen LogP contribution is -2.28. The molecule has 1 aliphatic heterocycles. The van der Waals surface area contributed by atoms with Crippen molar-refractivity contribution in [1.82, 2.24) is 9.47 Å². The van der Waals surface area contributed by atoms with Gasteiger partial charge < -0.3 is 4.57 Å². The molecule has 6 heteroatoms. The van der Waals surface area contributed by atoms with Crippen LogP contribution in [-0.4, -0.2) is 27.1 Å². The number of benzene rings is 4. The molecule has 5 aromatic rings. The average molecular weight is 506 g/mol. The van der Waals surface area contributed by atoms with E-state index < -0.39 is 0 Å². The largest absolute Gasteiger partial charge is 0.342 e. The Kier molecular flexibility index (Phi) is 6.10. The molecule has 1 amide bonds. The van der Waals surface area contributed by atoms with E-state index in [-0.39, 0.29) is 11.7 Å². The SMILES string of the molecule is CCN1C(=O)/C(=C\c2cn(Cc3ccc4ccccc4c3)c3ccccc23)SC1=Nc1ccc(F)cc1. The van der Waals surface area contributed by atoms with Crippen LogP contribution < -0.4 is 0 Å². The third-order valence-corrected chi connectivity index (χ3v) is 7.54. The van der Waals surface area contributed by atoms with Crippen molar-refractivity contribution in [2.75, 3.05) is 6.54 Å². The maximum Gasteiger partial charge on any atom is 0.266 e. The number of hydrogen-bond acceptors (Lipinski definition) is 3. The van der Waals surface area contributed by atoms with Gasteiger partial charge in [-0.25, -0.2) is 9.38 Å². The monoisotopic (exact) mass is 505 g/mol. The quantitative estimate of drug-likeness (QED) is 0.231. The van der Waals surface area contributed by atoms with Gasteiger partial charge in [0.1, 0.15) is 5.82 Å². The maximum absolute atomic E-state index is 13.3. The van der Waals surface area contributed by atoms with E-state index in [9.17, 15) is 9.18 Å². The number of amides is 1. The zero-order valence-corrected chi connectivity index (χ0v) is 21.1. The van der Waals surface area contributed by atoms with Gasteiger partial charge in [-0.15, -0.1) is 0 Å². The first-order valence-electron chi connectivity index (χ1n) is 12.2. The molecule has 0 saturated carbocycles. The summed E-state index contributed by atoms with van der Waals surface area (Å²) in [6.45, 7) is 3.16. The Labute approximate surface area is 218 Å². The van der Waals surface area contributed by atoms with Crippen LogP contribution in [0.3, 0.4) is 0 Å². The number of fused-ring (bicyclic) bond motifs is 2. The number of rotatable bonds is 5. The van der Waals surface area contributed by atoms with Gasteiger partial charge in [0.05, 0.1) is 10.6 Å². The molecule has 1 aliphatic rings. The van der Waals surface area contributed by atoms with Crippen molar-refractivity contribution >= 4 is 56.3 Å².